The zero-order valence-electron chi connectivity index (χ0n) is 7.04. The zero-order chi connectivity index (χ0) is 8.55. The second-order valence-electron chi connectivity index (χ2n) is 2.99. The molecule has 1 heteroatoms. The first-order valence-corrected chi connectivity index (χ1v) is 3.95. The lowest BCUT2D eigenvalue weighted by atomic mass is 10.1. The smallest absolute Gasteiger partial charge is 0.0707 e. The van der Waals surface area contributed by atoms with Crippen molar-refractivity contribution in [3.63, 3.8) is 0 Å². The van der Waals surface area contributed by atoms with Gasteiger partial charge in [-0.1, -0.05) is 12.1 Å². The quantitative estimate of drug-likeness (QED) is 0.571. The summed E-state index contributed by atoms with van der Waals surface area (Å²) in [6.07, 6.45) is 1.81. The Bertz CT molecular complexity index is 418. The number of rotatable bonds is 0. The molecule has 59 valence electrons. The van der Waals surface area contributed by atoms with Crippen molar-refractivity contribution in [2.45, 2.75) is 6.92 Å². The SMILES string of the molecule is [CH2]c1cc(C)cc2ncccc12. The third kappa shape index (κ3) is 1.07. The summed E-state index contributed by atoms with van der Waals surface area (Å²) in [5.74, 6) is 0. The minimum absolute atomic E-state index is 1.03. The molecule has 12 heavy (non-hydrogen) atoms. The van der Waals surface area contributed by atoms with Gasteiger partial charge in [0, 0.05) is 11.6 Å². The van der Waals surface area contributed by atoms with Crippen LogP contribution in [0.3, 0.4) is 0 Å². The van der Waals surface area contributed by atoms with E-state index in [2.05, 4.69) is 31.0 Å². The van der Waals surface area contributed by atoms with E-state index in [0.29, 0.717) is 0 Å². The van der Waals surface area contributed by atoms with Gasteiger partial charge in [0.05, 0.1) is 5.52 Å². The summed E-state index contributed by atoms with van der Waals surface area (Å²) >= 11 is 0. The molecule has 1 heterocycles. The van der Waals surface area contributed by atoms with E-state index >= 15 is 0 Å². The fraction of sp³-hybridized carbons (Fsp3) is 0.0909. The highest BCUT2D eigenvalue weighted by atomic mass is 14.6. The molecular formula is C11H10N. The van der Waals surface area contributed by atoms with Gasteiger partial charge < -0.3 is 0 Å². The average molecular weight is 156 g/mol. The van der Waals surface area contributed by atoms with Crippen LogP contribution in [0.2, 0.25) is 0 Å². The molecule has 0 atom stereocenters. The lowest BCUT2D eigenvalue weighted by Crippen LogP contribution is -1.83. The van der Waals surface area contributed by atoms with E-state index in [1.165, 1.54) is 5.56 Å². The van der Waals surface area contributed by atoms with Gasteiger partial charge in [0.25, 0.3) is 0 Å². The fourth-order valence-electron chi connectivity index (χ4n) is 1.41. The molecule has 0 aliphatic heterocycles. The van der Waals surface area contributed by atoms with Crippen LogP contribution >= 0.6 is 0 Å². The summed E-state index contributed by atoms with van der Waals surface area (Å²) in [6.45, 7) is 6.03. The van der Waals surface area contributed by atoms with Crippen molar-refractivity contribution >= 4 is 10.9 Å². The van der Waals surface area contributed by atoms with Crippen molar-refractivity contribution in [1.82, 2.24) is 4.98 Å². The molecule has 2 aromatic rings. The lowest BCUT2D eigenvalue weighted by molar-refractivity contribution is 1.38. The maximum atomic E-state index is 4.26. The predicted molar refractivity (Wildman–Crippen MR) is 50.9 cm³/mol. The Morgan fingerprint density at radius 3 is 3.00 bits per heavy atom. The first kappa shape index (κ1) is 7.29. The maximum Gasteiger partial charge on any atom is 0.0707 e. The van der Waals surface area contributed by atoms with Gasteiger partial charge in [-0.05, 0) is 37.1 Å². The molecule has 0 N–H and O–H groups in total. The number of aryl methyl sites for hydroxylation is 1. The Labute approximate surface area is 72.1 Å². The van der Waals surface area contributed by atoms with E-state index in [1.54, 1.807) is 6.20 Å². The topological polar surface area (TPSA) is 12.9 Å². The molecule has 1 aromatic carbocycles. The number of hydrogen-bond donors (Lipinski definition) is 0. The Hall–Kier alpha value is -1.37. The van der Waals surface area contributed by atoms with Crippen molar-refractivity contribution in [2.24, 2.45) is 0 Å². The van der Waals surface area contributed by atoms with Crippen LogP contribution in [0.15, 0.2) is 30.5 Å². The number of aromatic nitrogens is 1. The Morgan fingerprint density at radius 2 is 2.17 bits per heavy atom. The van der Waals surface area contributed by atoms with Crippen LogP contribution in [0.25, 0.3) is 10.9 Å². The molecule has 1 radical (unpaired) electrons. The lowest BCUT2D eigenvalue weighted by Gasteiger charge is -2.01. The average Bonchev–Trinajstić information content (AvgIpc) is 2.04. The summed E-state index contributed by atoms with van der Waals surface area (Å²) in [4.78, 5) is 4.26. The second kappa shape index (κ2) is 2.59. The van der Waals surface area contributed by atoms with Crippen LogP contribution in [-0.4, -0.2) is 4.98 Å². The molecule has 0 unspecified atom stereocenters. The van der Waals surface area contributed by atoms with Crippen molar-refractivity contribution in [3.05, 3.63) is 48.5 Å². The predicted octanol–water partition coefficient (Wildman–Crippen LogP) is 2.73. The van der Waals surface area contributed by atoms with Gasteiger partial charge in [0.15, 0.2) is 0 Å². The second-order valence-corrected chi connectivity index (χ2v) is 2.99. The van der Waals surface area contributed by atoms with Gasteiger partial charge in [-0.3, -0.25) is 4.98 Å². The molecule has 1 aromatic heterocycles. The number of nitrogens with zero attached hydrogens (tertiary/aromatic N) is 1. The van der Waals surface area contributed by atoms with E-state index in [9.17, 15) is 0 Å². The van der Waals surface area contributed by atoms with E-state index in [4.69, 9.17) is 0 Å². The minimum Gasteiger partial charge on any atom is -0.256 e. The summed E-state index contributed by atoms with van der Waals surface area (Å²) in [6, 6.07) is 8.13. The molecule has 0 fully saturated rings. The summed E-state index contributed by atoms with van der Waals surface area (Å²) < 4.78 is 0. The summed E-state index contributed by atoms with van der Waals surface area (Å²) in [7, 11) is 0. The van der Waals surface area contributed by atoms with Gasteiger partial charge in [-0.15, -0.1) is 0 Å². The minimum atomic E-state index is 1.03. The Morgan fingerprint density at radius 1 is 1.33 bits per heavy atom. The van der Waals surface area contributed by atoms with E-state index in [1.807, 2.05) is 12.1 Å². The van der Waals surface area contributed by atoms with Crippen LogP contribution in [0.4, 0.5) is 0 Å². The first-order valence-electron chi connectivity index (χ1n) is 3.95. The molecule has 0 spiro atoms. The molecule has 0 amide bonds. The molecule has 1 nitrogen and oxygen atoms in total. The van der Waals surface area contributed by atoms with Crippen molar-refractivity contribution in [2.75, 3.05) is 0 Å². The van der Waals surface area contributed by atoms with Crippen LogP contribution in [0, 0.1) is 13.8 Å². The number of hydrogen-bond acceptors (Lipinski definition) is 1. The fourth-order valence-corrected chi connectivity index (χ4v) is 1.41. The van der Waals surface area contributed by atoms with Crippen LogP contribution in [0.5, 0.6) is 0 Å². The van der Waals surface area contributed by atoms with Gasteiger partial charge in [-0.2, -0.15) is 0 Å². The van der Waals surface area contributed by atoms with E-state index in [0.717, 1.165) is 16.5 Å². The highest BCUT2D eigenvalue weighted by molar-refractivity contribution is 5.83. The molecule has 0 aliphatic rings. The first-order chi connectivity index (χ1) is 5.77. The molecular weight excluding hydrogens is 146 g/mol. The summed E-state index contributed by atoms with van der Waals surface area (Å²) in [5, 5.41) is 1.14. The monoisotopic (exact) mass is 156 g/mol. The van der Waals surface area contributed by atoms with Crippen LogP contribution in [-0.2, 0) is 0 Å². The maximum absolute atomic E-state index is 4.26. The highest BCUT2D eigenvalue weighted by Crippen LogP contribution is 2.17. The molecule has 0 bridgehead atoms. The highest BCUT2D eigenvalue weighted by Gasteiger charge is 1.97. The molecule has 0 saturated heterocycles. The molecule has 0 saturated carbocycles. The zero-order valence-corrected chi connectivity index (χ0v) is 7.04. The number of benzene rings is 1. The van der Waals surface area contributed by atoms with Gasteiger partial charge in [-0.25, -0.2) is 0 Å². The Balaban J connectivity index is 2.89. The van der Waals surface area contributed by atoms with Crippen molar-refractivity contribution in [1.29, 1.82) is 0 Å². The van der Waals surface area contributed by atoms with Crippen molar-refractivity contribution < 1.29 is 0 Å². The Kier molecular flexibility index (Phi) is 1.58. The van der Waals surface area contributed by atoms with E-state index < -0.39 is 0 Å². The third-order valence-electron chi connectivity index (χ3n) is 1.95. The summed E-state index contributed by atoms with van der Waals surface area (Å²) in [5.41, 5.74) is 3.30. The number of fused-ring (bicyclic) bond motifs is 1. The van der Waals surface area contributed by atoms with Crippen LogP contribution in [0.1, 0.15) is 11.1 Å². The number of pyridine rings is 1. The van der Waals surface area contributed by atoms with Gasteiger partial charge in [0.1, 0.15) is 0 Å². The van der Waals surface area contributed by atoms with Gasteiger partial charge in [0.2, 0.25) is 0 Å². The van der Waals surface area contributed by atoms with Crippen molar-refractivity contribution in [3.8, 4) is 0 Å². The van der Waals surface area contributed by atoms with Gasteiger partial charge >= 0.3 is 0 Å². The van der Waals surface area contributed by atoms with Crippen LogP contribution < -0.4 is 0 Å². The largest absolute Gasteiger partial charge is 0.256 e. The standard InChI is InChI=1S/C11H10N/c1-8-6-9(2)10-4-3-5-12-11(10)7-8/h3-7H,2H2,1H3. The van der Waals surface area contributed by atoms with E-state index in [-0.39, 0.29) is 0 Å². The molecule has 2 rings (SSSR count). The molecule has 0 aliphatic carbocycles. The third-order valence-corrected chi connectivity index (χ3v) is 1.95. The normalized spacial score (nSPS) is 10.5.